The molecule has 1 aliphatic heterocycles. The second kappa shape index (κ2) is 4.75. The van der Waals surface area contributed by atoms with Crippen molar-refractivity contribution in [1.82, 2.24) is 0 Å². The summed E-state index contributed by atoms with van der Waals surface area (Å²) in [5.74, 6) is 3.55. The van der Waals surface area contributed by atoms with Crippen molar-refractivity contribution in [2.45, 2.75) is 89.8 Å². The standard InChI is InChI=1S/C21H34O2/c1-19-10-4-3-5-14(19)6-7-15-16(19)8-11-20(2)17(15)9-12-21(20,22)18-13-23-18/h14-18,22H,3-13H2,1-2H3/t14?,15-,16+,17+,18?,19+,20+,21+/m1/s1. The van der Waals surface area contributed by atoms with Crippen LogP contribution in [0, 0.1) is 34.5 Å². The Labute approximate surface area is 141 Å². The zero-order valence-electron chi connectivity index (χ0n) is 15.0. The monoisotopic (exact) mass is 318 g/mol. The first-order chi connectivity index (χ1) is 11.0. The van der Waals surface area contributed by atoms with E-state index in [0.717, 1.165) is 36.7 Å². The molecule has 0 amide bonds. The molecule has 5 rings (SSSR count). The molecule has 0 aromatic heterocycles. The van der Waals surface area contributed by atoms with Gasteiger partial charge in [-0.15, -0.1) is 0 Å². The highest BCUT2D eigenvalue weighted by Gasteiger charge is 2.68. The lowest BCUT2D eigenvalue weighted by atomic mass is 9.44. The van der Waals surface area contributed by atoms with Crippen LogP contribution in [0.3, 0.4) is 0 Å². The Hall–Kier alpha value is -0.0800. The van der Waals surface area contributed by atoms with Gasteiger partial charge in [0, 0.05) is 5.41 Å². The molecule has 4 saturated carbocycles. The van der Waals surface area contributed by atoms with Gasteiger partial charge in [0.15, 0.2) is 0 Å². The van der Waals surface area contributed by atoms with Crippen LogP contribution in [0.4, 0.5) is 0 Å². The quantitative estimate of drug-likeness (QED) is 0.719. The van der Waals surface area contributed by atoms with Gasteiger partial charge < -0.3 is 9.84 Å². The Morgan fingerprint density at radius 1 is 0.870 bits per heavy atom. The number of aliphatic hydroxyl groups is 1. The fraction of sp³-hybridized carbons (Fsp3) is 1.00. The maximum Gasteiger partial charge on any atom is 0.110 e. The first kappa shape index (κ1) is 15.2. The normalized spacial score (nSPS) is 61.4. The minimum absolute atomic E-state index is 0.118. The Kier molecular flexibility index (Phi) is 3.14. The summed E-state index contributed by atoms with van der Waals surface area (Å²) < 4.78 is 5.60. The number of rotatable bonds is 1. The number of ether oxygens (including phenoxy) is 1. The smallest absolute Gasteiger partial charge is 0.110 e. The van der Waals surface area contributed by atoms with E-state index < -0.39 is 5.60 Å². The molecule has 23 heavy (non-hydrogen) atoms. The lowest BCUT2D eigenvalue weighted by molar-refractivity contribution is -0.157. The number of hydrogen-bond donors (Lipinski definition) is 1. The van der Waals surface area contributed by atoms with Crippen molar-refractivity contribution < 1.29 is 9.84 Å². The predicted octanol–water partition coefficient (Wildman–Crippen LogP) is 4.55. The second-order valence-electron chi connectivity index (χ2n) is 10.1. The van der Waals surface area contributed by atoms with Crippen LogP contribution in [0.25, 0.3) is 0 Å². The molecule has 1 N–H and O–H groups in total. The van der Waals surface area contributed by atoms with Gasteiger partial charge in [0.25, 0.3) is 0 Å². The van der Waals surface area contributed by atoms with Crippen molar-refractivity contribution in [3.63, 3.8) is 0 Å². The second-order valence-corrected chi connectivity index (χ2v) is 10.1. The van der Waals surface area contributed by atoms with Gasteiger partial charge in [0.05, 0.1) is 12.2 Å². The van der Waals surface area contributed by atoms with E-state index in [1.807, 2.05) is 0 Å². The van der Waals surface area contributed by atoms with Crippen molar-refractivity contribution >= 4 is 0 Å². The summed E-state index contributed by atoms with van der Waals surface area (Å²) in [6.07, 6.45) is 13.8. The molecular weight excluding hydrogens is 284 g/mol. The van der Waals surface area contributed by atoms with E-state index in [9.17, 15) is 5.11 Å². The van der Waals surface area contributed by atoms with Gasteiger partial charge >= 0.3 is 0 Å². The highest BCUT2D eigenvalue weighted by atomic mass is 16.6. The molecule has 5 aliphatic rings. The molecule has 0 aromatic rings. The van der Waals surface area contributed by atoms with E-state index >= 15 is 0 Å². The van der Waals surface area contributed by atoms with Gasteiger partial charge in [-0.1, -0.05) is 26.7 Å². The average Bonchev–Trinajstić information content (AvgIpc) is 3.34. The molecule has 0 bridgehead atoms. The third-order valence-electron chi connectivity index (χ3n) is 9.66. The molecule has 1 heterocycles. The van der Waals surface area contributed by atoms with Gasteiger partial charge in [-0.25, -0.2) is 0 Å². The number of epoxide rings is 1. The molecule has 0 radical (unpaired) electrons. The third kappa shape index (κ3) is 1.83. The zero-order chi connectivity index (χ0) is 15.9. The first-order valence-corrected chi connectivity index (χ1v) is 10.3. The minimum atomic E-state index is -0.521. The third-order valence-corrected chi connectivity index (χ3v) is 9.66. The SMILES string of the molecule is C[C@]12CCCCC1CC[C@@H]1[C@@H]2CC[C@@]2(C)[C@H]1CC[C@]2(O)C1CO1. The summed E-state index contributed by atoms with van der Waals surface area (Å²) >= 11 is 0. The molecular formula is C21H34O2. The van der Waals surface area contributed by atoms with E-state index in [-0.39, 0.29) is 11.5 Å². The molecule has 2 heteroatoms. The summed E-state index contributed by atoms with van der Waals surface area (Å²) in [4.78, 5) is 0. The Bertz CT molecular complexity index is 500. The molecule has 2 nitrogen and oxygen atoms in total. The summed E-state index contributed by atoms with van der Waals surface area (Å²) in [5, 5.41) is 11.4. The highest BCUT2D eigenvalue weighted by Crippen LogP contribution is 2.69. The molecule has 5 fully saturated rings. The molecule has 130 valence electrons. The Morgan fingerprint density at radius 2 is 1.65 bits per heavy atom. The minimum Gasteiger partial charge on any atom is -0.387 e. The van der Waals surface area contributed by atoms with Crippen molar-refractivity contribution in [2.75, 3.05) is 6.61 Å². The fourth-order valence-electron chi connectivity index (χ4n) is 8.20. The molecule has 2 unspecified atom stereocenters. The van der Waals surface area contributed by atoms with Crippen LogP contribution in [0.5, 0.6) is 0 Å². The summed E-state index contributed by atoms with van der Waals surface area (Å²) in [7, 11) is 0. The van der Waals surface area contributed by atoms with Crippen LogP contribution in [-0.2, 0) is 4.74 Å². The zero-order valence-corrected chi connectivity index (χ0v) is 15.0. The fourth-order valence-corrected chi connectivity index (χ4v) is 8.20. The van der Waals surface area contributed by atoms with Gasteiger partial charge in [0.2, 0.25) is 0 Å². The predicted molar refractivity (Wildman–Crippen MR) is 91.0 cm³/mol. The summed E-state index contributed by atoms with van der Waals surface area (Å²) in [5.41, 5.74) is 0.208. The highest BCUT2D eigenvalue weighted by molar-refractivity contribution is 5.17. The van der Waals surface area contributed by atoms with Crippen molar-refractivity contribution in [3.05, 3.63) is 0 Å². The van der Waals surface area contributed by atoms with Gasteiger partial charge in [-0.3, -0.25) is 0 Å². The van der Waals surface area contributed by atoms with Crippen molar-refractivity contribution in [1.29, 1.82) is 0 Å². The lowest BCUT2D eigenvalue weighted by Gasteiger charge is -2.61. The Morgan fingerprint density at radius 3 is 2.43 bits per heavy atom. The molecule has 1 saturated heterocycles. The maximum atomic E-state index is 11.4. The maximum absolute atomic E-state index is 11.4. The van der Waals surface area contributed by atoms with Gasteiger partial charge in [0.1, 0.15) is 6.10 Å². The van der Waals surface area contributed by atoms with Crippen LogP contribution in [0.15, 0.2) is 0 Å². The summed E-state index contributed by atoms with van der Waals surface area (Å²) in [6.45, 7) is 5.85. The van der Waals surface area contributed by atoms with Crippen molar-refractivity contribution in [2.24, 2.45) is 34.5 Å². The largest absolute Gasteiger partial charge is 0.387 e. The topological polar surface area (TPSA) is 32.8 Å². The van der Waals surface area contributed by atoms with E-state index in [1.165, 1.54) is 57.8 Å². The number of hydrogen-bond acceptors (Lipinski definition) is 2. The van der Waals surface area contributed by atoms with Crippen molar-refractivity contribution in [3.8, 4) is 0 Å². The van der Waals surface area contributed by atoms with E-state index in [0.29, 0.717) is 5.41 Å². The lowest BCUT2D eigenvalue weighted by Crippen LogP contribution is -2.57. The molecule has 0 aromatic carbocycles. The van der Waals surface area contributed by atoms with Gasteiger partial charge in [-0.2, -0.15) is 0 Å². The Balaban J connectivity index is 1.47. The van der Waals surface area contributed by atoms with E-state index in [1.54, 1.807) is 0 Å². The molecule has 8 atom stereocenters. The van der Waals surface area contributed by atoms with E-state index in [2.05, 4.69) is 13.8 Å². The number of fused-ring (bicyclic) bond motifs is 5. The average molecular weight is 319 g/mol. The summed E-state index contributed by atoms with van der Waals surface area (Å²) in [6, 6.07) is 0. The van der Waals surface area contributed by atoms with Crippen LogP contribution in [0.1, 0.15) is 78.1 Å². The first-order valence-electron chi connectivity index (χ1n) is 10.3. The molecule has 0 spiro atoms. The van der Waals surface area contributed by atoms with Crippen LogP contribution in [0.2, 0.25) is 0 Å². The van der Waals surface area contributed by atoms with Gasteiger partial charge in [-0.05, 0) is 80.5 Å². The van der Waals surface area contributed by atoms with Crippen LogP contribution in [-0.4, -0.2) is 23.4 Å². The molecule has 4 aliphatic carbocycles. The van der Waals surface area contributed by atoms with E-state index in [4.69, 9.17) is 4.74 Å². The van der Waals surface area contributed by atoms with Crippen LogP contribution >= 0.6 is 0 Å². The van der Waals surface area contributed by atoms with Crippen LogP contribution < -0.4 is 0 Å².